The third-order valence-corrected chi connectivity index (χ3v) is 3.45. The van der Waals surface area contributed by atoms with Gasteiger partial charge in [0.2, 0.25) is 5.91 Å². The van der Waals surface area contributed by atoms with Gasteiger partial charge in [-0.15, -0.1) is 0 Å². The van der Waals surface area contributed by atoms with Crippen LogP contribution >= 0.6 is 0 Å². The largest absolute Gasteiger partial charge is 0.392 e. The molecule has 0 aliphatic heterocycles. The minimum Gasteiger partial charge on any atom is -0.392 e. The molecule has 1 heterocycles. The standard InChI is InChI=1S/C18H20N2O2/c1-3-14(15-6-4-13(2)5-7-15)10-18(22)20-17-11-19-9-8-16(17)12-21/h4-11,21H,3,12H2,1-2H3,(H,20,22)/b14-10-. The van der Waals surface area contributed by atoms with E-state index in [-0.39, 0.29) is 12.5 Å². The monoisotopic (exact) mass is 296 g/mol. The summed E-state index contributed by atoms with van der Waals surface area (Å²) < 4.78 is 0. The van der Waals surface area contributed by atoms with Gasteiger partial charge in [0.25, 0.3) is 0 Å². The number of hydrogen-bond acceptors (Lipinski definition) is 3. The van der Waals surface area contributed by atoms with Crippen molar-refractivity contribution in [3.8, 4) is 0 Å². The van der Waals surface area contributed by atoms with E-state index in [1.54, 1.807) is 18.3 Å². The van der Waals surface area contributed by atoms with Crippen LogP contribution in [0, 0.1) is 6.92 Å². The van der Waals surface area contributed by atoms with Crippen LogP contribution in [0.1, 0.15) is 30.0 Å². The molecular weight excluding hydrogens is 276 g/mol. The first-order valence-electron chi connectivity index (χ1n) is 7.26. The molecule has 0 aliphatic rings. The van der Waals surface area contributed by atoms with Crippen LogP contribution in [-0.4, -0.2) is 16.0 Å². The number of carbonyl (C=O) groups excluding carboxylic acids is 1. The summed E-state index contributed by atoms with van der Waals surface area (Å²) in [5.41, 5.74) is 4.37. The zero-order valence-corrected chi connectivity index (χ0v) is 12.8. The SMILES string of the molecule is CC/C(=C/C(=O)Nc1cnccc1CO)c1ccc(C)cc1. The molecule has 4 nitrogen and oxygen atoms in total. The van der Waals surface area contributed by atoms with Crippen LogP contribution in [0.4, 0.5) is 5.69 Å². The number of aliphatic hydroxyl groups excluding tert-OH is 1. The van der Waals surface area contributed by atoms with Gasteiger partial charge in [0.1, 0.15) is 0 Å². The Morgan fingerprint density at radius 1 is 1.27 bits per heavy atom. The van der Waals surface area contributed by atoms with Gasteiger partial charge in [-0.3, -0.25) is 9.78 Å². The van der Waals surface area contributed by atoms with Crippen LogP contribution in [0.3, 0.4) is 0 Å². The predicted molar refractivity (Wildman–Crippen MR) is 88.2 cm³/mol. The van der Waals surface area contributed by atoms with Crippen molar-refractivity contribution in [3.63, 3.8) is 0 Å². The van der Waals surface area contributed by atoms with Gasteiger partial charge in [0, 0.05) is 17.8 Å². The molecule has 2 N–H and O–H groups in total. The van der Waals surface area contributed by atoms with Gasteiger partial charge in [-0.05, 0) is 30.5 Å². The van der Waals surface area contributed by atoms with Gasteiger partial charge in [0.15, 0.2) is 0 Å². The first-order valence-corrected chi connectivity index (χ1v) is 7.26. The number of nitrogens with zero attached hydrogens (tertiary/aromatic N) is 1. The molecule has 0 radical (unpaired) electrons. The maximum absolute atomic E-state index is 12.2. The number of amides is 1. The fourth-order valence-electron chi connectivity index (χ4n) is 2.16. The quantitative estimate of drug-likeness (QED) is 0.832. The molecule has 0 saturated carbocycles. The highest BCUT2D eigenvalue weighted by atomic mass is 16.3. The van der Waals surface area contributed by atoms with E-state index in [1.807, 2.05) is 38.1 Å². The van der Waals surface area contributed by atoms with Gasteiger partial charge in [-0.1, -0.05) is 36.8 Å². The van der Waals surface area contributed by atoms with Crippen LogP contribution in [0.25, 0.3) is 5.57 Å². The number of nitrogens with one attached hydrogen (secondary N) is 1. The molecule has 0 atom stereocenters. The van der Waals surface area contributed by atoms with Crippen LogP contribution in [-0.2, 0) is 11.4 Å². The van der Waals surface area contributed by atoms with Gasteiger partial charge < -0.3 is 10.4 Å². The van der Waals surface area contributed by atoms with Gasteiger partial charge in [0.05, 0.1) is 18.5 Å². The van der Waals surface area contributed by atoms with E-state index in [1.165, 1.54) is 11.8 Å². The van der Waals surface area contributed by atoms with Crippen molar-refractivity contribution < 1.29 is 9.90 Å². The summed E-state index contributed by atoms with van der Waals surface area (Å²) in [6.45, 7) is 3.91. The predicted octanol–water partition coefficient (Wildman–Crippen LogP) is 3.31. The van der Waals surface area contributed by atoms with E-state index >= 15 is 0 Å². The maximum Gasteiger partial charge on any atom is 0.248 e. The first-order chi connectivity index (χ1) is 10.6. The highest BCUT2D eigenvalue weighted by molar-refractivity contribution is 6.04. The number of hydrogen-bond donors (Lipinski definition) is 2. The van der Waals surface area contributed by atoms with E-state index in [0.717, 1.165) is 17.6 Å². The molecular formula is C18H20N2O2. The second kappa shape index (κ2) is 7.52. The topological polar surface area (TPSA) is 62.2 Å². The van der Waals surface area contributed by atoms with E-state index < -0.39 is 0 Å². The molecule has 0 bridgehead atoms. The number of aromatic nitrogens is 1. The Labute approximate surface area is 130 Å². The van der Waals surface area contributed by atoms with Crippen molar-refractivity contribution in [2.45, 2.75) is 26.9 Å². The van der Waals surface area contributed by atoms with Crippen LogP contribution in [0.5, 0.6) is 0 Å². The lowest BCUT2D eigenvalue weighted by molar-refractivity contribution is -0.111. The fourth-order valence-corrected chi connectivity index (χ4v) is 2.16. The summed E-state index contributed by atoms with van der Waals surface area (Å²) >= 11 is 0. The summed E-state index contributed by atoms with van der Waals surface area (Å²) in [5.74, 6) is -0.222. The second-order valence-corrected chi connectivity index (χ2v) is 5.07. The molecule has 22 heavy (non-hydrogen) atoms. The highest BCUT2D eigenvalue weighted by Gasteiger charge is 2.07. The van der Waals surface area contributed by atoms with Crippen molar-refractivity contribution >= 4 is 17.2 Å². The normalized spacial score (nSPS) is 11.3. The lowest BCUT2D eigenvalue weighted by Crippen LogP contribution is -2.11. The molecule has 114 valence electrons. The van der Waals surface area contributed by atoms with E-state index in [9.17, 15) is 9.90 Å². The first kappa shape index (κ1) is 15.9. The van der Waals surface area contributed by atoms with Gasteiger partial charge in [-0.25, -0.2) is 0 Å². The fraction of sp³-hybridized carbons (Fsp3) is 0.222. The number of allylic oxidation sites excluding steroid dienone is 1. The van der Waals surface area contributed by atoms with E-state index in [4.69, 9.17) is 0 Å². The maximum atomic E-state index is 12.2. The Morgan fingerprint density at radius 3 is 2.64 bits per heavy atom. The summed E-state index contributed by atoms with van der Waals surface area (Å²) in [5, 5.41) is 12.0. The summed E-state index contributed by atoms with van der Waals surface area (Å²) in [6, 6.07) is 9.77. The number of anilines is 1. The van der Waals surface area contributed by atoms with Crippen molar-refractivity contribution in [2.24, 2.45) is 0 Å². The molecule has 2 rings (SSSR count). The van der Waals surface area contributed by atoms with Crippen molar-refractivity contribution in [1.82, 2.24) is 4.98 Å². The number of pyridine rings is 1. The Bertz CT molecular complexity index is 676. The Morgan fingerprint density at radius 2 is 2.00 bits per heavy atom. The lowest BCUT2D eigenvalue weighted by atomic mass is 10.0. The average molecular weight is 296 g/mol. The minimum atomic E-state index is -0.222. The van der Waals surface area contributed by atoms with Crippen molar-refractivity contribution in [2.75, 3.05) is 5.32 Å². The third-order valence-electron chi connectivity index (χ3n) is 3.45. The molecule has 2 aromatic rings. The smallest absolute Gasteiger partial charge is 0.248 e. The van der Waals surface area contributed by atoms with Crippen molar-refractivity contribution in [1.29, 1.82) is 0 Å². The summed E-state index contributed by atoms with van der Waals surface area (Å²) in [6.07, 6.45) is 5.48. The lowest BCUT2D eigenvalue weighted by Gasteiger charge is -2.09. The van der Waals surface area contributed by atoms with Crippen molar-refractivity contribution in [3.05, 3.63) is 65.5 Å². The third kappa shape index (κ3) is 4.02. The summed E-state index contributed by atoms with van der Waals surface area (Å²) in [4.78, 5) is 16.2. The van der Waals surface area contributed by atoms with Crippen LogP contribution in [0.15, 0.2) is 48.8 Å². The number of carbonyl (C=O) groups is 1. The zero-order valence-electron chi connectivity index (χ0n) is 12.8. The summed E-state index contributed by atoms with van der Waals surface area (Å²) in [7, 11) is 0. The van der Waals surface area contributed by atoms with Crippen LogP contribution < -0.4 is 5.32 Å². The molecule has 1 amide bonds. The Kier molecular flexibility index (Phi) is 5.44. The number of benzene rings is 1. The number of aliphatic hydroxyl groups is 1. The van der Waals surface area contributed by atoms with E-state index in [0.29, 0.717) is 11.3 Å². The molecule has 0 spiro atoms. The Balaban J connectivity index is 2.19. The van der Waals surface area contributed by atoms with Gasteiger partial charge in [-0.2, -0.15) is 0 Å². The van der Waals surface area contributed by atoms with E-state index in [2.05, 4.69) is 10.3 Å². The zero-order chi connectivity index (χ0) is 15.9. The molecule has 0 fully saturated rings. The molecule has 0 aliphatic carbocycles. The molecule has 4 heteroatoms. The molecule has 0 saturated heterocycles. The average Bonchev–Trinajstić information content (AvgIpc) is 2.54. The Hall–Kier alpha value is -2.46. The molecule has 0 unspecified atom stereocenters. The van der Waals surface area contributed by atoms with Gasteiger partial charge >= 0.3 is 0 Å². The highest BCUT2D eigenvalue weighted by Crippen LogP contribution is 2.19. The minimum absolute atomic E-state index is 0.138. The molecule has 1 aromatic heterocycles. The number of aryl methyl sites for hydroxylation is 1. The molecule has 1 aromatic carbocycles. The second-order valence-electron chi connectivity index (χ2n) is 5.07. The number of rotatable bonds is 5. The van der Waals surface area contributed by atoms with Crippen LogP contribution in [0.2, 0.25) is 0 Å².